The lowest BCUT2D eigenvalue weighted by atomic mass is 10.0. The minimum Gasteiger partial charge on any atom is -0.462 e. The van der Waals surface area contributed by atoms with E-state index in [1.54, 1.807) is 6.92 Å². The molecule has 0 aliphatic carbocycles. The number of halogens is 1. The minimum atomic E-state index is -0.425. The maximum atomic E-state index is 12.4. The molecular formula is C17H18BrNO3S. The molecule has 1 aromatic heterocycles. The van der Waals surface area contributed by atoms with Gasteiger partial charge >= 0.3 is 5.97 Å². The van der Waals surface area contributed by atoms with Crippen LogP contribution in [0, 0.1) is 5.92 Å². The molecule has 122 valence electrons. The molecule has 0 saturated carbocycles. The topological polar surface area (TPSA) is 55.4 Å². The summed E-state index contributed by atoms with van der Waals surface area (Å²) in [5.74, 6) is -0.714. The first kappa shape index (κ1) is 17.7. The van der Waals surface area contributed by atoms with Crippen LogP contribution in [0.5, 0.6) is 0 Å². The van der Waals surface area contributed by atoms with Crippen LogP contribution in [0.4, 0.5) is 5.00 Å². The van der Waals surface area contributed by atoms with Crippen molar-refractivity contribution in [2.24, 2.45) is 5.92 Å². The second kappa shape index (κ2) is 7.75. The van der Waals surface area contributed by atoms with Crippen molar-refractivity contribution < 1.29 is 14.3 Å². The number of amides is 1. The van der Waals surface area contributed by atoms with E-state index in [2.05, 4.69) is 21.2 Å². The number of carbonyl (C=O) groups is 2. The highest BCUT2D eigenvalue weighted by Gasteiger charge is 2.23. The third kappa shape index (κ3) is 4.20. The molecule has 0 aliphatic rings. The molecule has 4 nitrogen and oxygen atoms in total. The van der Waals surface area contributed by atoms with E-state index < -0.39 is 5.97 Å². The smallest absolute Gasteiger partial charge is 0.341 e. The zero-order valence-electron chi connectivity index (χ0n) is 13.2. The van der Waals surface area contributed by atoms with E-state index in [-0.39, 0.29) is 18.4 Å². The molecule has 1 N–H and O–H groups in total. The normalized spacial score (nSPS) is 10.7. The van der Waals surface area contributed by atoms with Crippen LogP contribution in [-0.4, -0.2) is 18.5 Å². The van der Waals surface area contributed by atoms with Gasteiger partial charge in [0.1, 0.15) is 10.6 Å². The van der Waals surface area contributed by atoms with Gasteiger partial charge in [-0.15, -0.1) is 11.3 Å². The van der Waals surface area contributed by atoms with Gasteiger partial charge in [0.2, 0.25) is 5.91 Å². The van der Waals surface area contributed by atoms with Gasteiger partial charge in [0, 0.05) is 21.3 Å². The molecule has 0 fully saturated rings. The second-order valence-electron chi connectivity index (χ2n) is 5.22. The molecule has 6 heteroatoms. The molecule has 0 atom stereocenters. The van der Waals surface area contributed by atoms with Crippen LogP contribution in [-0.2, 0) is 9.53 Å². The minimum absolute atomic E-state index is 0.125. The number of rotatable bonds is 5. The number of benzene rings is 1. The van der Waals surface area contributed by atoms with E-state index >= 15 is 0 Å². The average Bonchev–Trinajstić information content (AvgIpc) is 2.91. The quantitative estimate of drug-likeness (QED) is 0.728. The molecule has 0 spiro atoms. The fourth-order valence-corrected chi connectivity index (χ4v) is 3.18. The van der Waals surface area contributed by atoms with E-state index in [9.17, 15) is 9.59 Å². The van der Waals surface area contributed by atoms with Crippen molar-refractivity contribution in [3.63, 3.8) is 0 Å². The van der Waals surface area contributed by atoms with Crippen molar-refractivity contribution in [2.75, 3.05) is 11.9 Å². The molecule has 23 heavy (non-hydrogen) atoms. The van der Waals surface area contributed by atoms with Gasteiger partial charge in [0.15, 0.2) is 0 Å². The second-order valence-corrected chi connectivity index (χ2v) is 7.02. The SMILES string of the molecule is CCOC(=O)c1c(-c2ccc(Br)cc2)csc1NC(=O)C(C)C. The first-order valence-electron chi connectivity index (χ1n) is 7.29. The summed E-state index contributed by atoms with van der Waals surface area (Å²) in [7, 11) is 0. The Bertz CT molecular complexity index is 707. The molecule has 0 unspecified atom stereocenters. The first-order chi connectivity index (χ1) is 10.9. The zero-order valence-corrected chi connectivity index (χ0v) is 15.6. The lowest BCUT2D eigenvalue weighted by Gasteiger charge is -2.10. The van der Waals surface area contributed by atoms with Crippen molar-refractivity contribution in [1.29, 1.82) is 0 Å². The fourth-order valence-electron chi connectivity index (χ4n) is 1.95. The van der Waals surface area contributed by atoms with Gasteiger partial charge in [-0.05, 0) is 24.6 Å². The van der Waals surface area contributed by atoms with Gasteiger partial charge in [-0.3, -0.25) is 4.79 Å². The summed E-state index contributed by atoms with van der Waals surface area (Å²) in [6.07, 6.45) is 0. The van der Waals surface area contributed by atoms with Gasteiger partial charge in [-0.2, -0.15) is 0 Å². The van der Waals surface area contributed by atoms with Crippen LogP contribution in [0.1, 0.15) is 31.1 Å². The standard InChI is InChI=1S/C17H18BrNO3S/c1-4-22-17(21)14-13(11-5-7-12(18)8-6-11)9-23-16(14)19-15(20)10(2)3/h5-10H,4H2,1-3H3,(H,19,20). The molecule has 0 bridgehead atoms. The Morgan fingerprint density at radius 3 is 2.48 bits per heavy atom. The Hall–Kier alpha value is -1.66. The van der Waals surface area contributed by atoms with Crippen molar-refractivity contribution in [3.05, 3.63) is 39.7 Å². The third-order valence-corrected chi connectivity index (χ3v) is 4.61. The maximum absolute atomic E-state index is 12.4. The van der Waals surface area contributed by atoms with Crippen LogP contribution >= 0.6 is 27.3 Å². The van der Waals surface area contributed by atoms with Gasteiger partial charge in [0.25, 0.3) is 0 Å². The highest BCUT2D eigenvalue weighted by molar-refractivity contribution is 9.10. The molecular weight excluding hydrogens is 378 g/mol. The predicted octanol–water partition coefficient (Wildman–Crippen LogP) is 4.95. The molecule has 1 amide bonds. The van der Waals surface area contributed by atoms with Crippen LogP contribution in [0.15, 0.2) is 34.1 Å². The van der Waals surface area contributed by atoms with E-state index in [0.29, 0.717) is 10.6 Å². The van der Waals surface area contributed by atoms with Crippen LogP contribution < -0.4 is 5.32 Å². The summed E-state index contributed by atoms with van der Waals surface area (Å²) in [4.78, 5) is 24.3. The molecule has 2 rings (SSSR count). The molecule has 0 saturated heterocycles. The summed E-state index contributed by atoms with van der Waals surface area (Å²) in [6.45, 7) is 5.66. The van der Waals surface area contributed by atoms with Gasteiger partial charge in [-0.25, -0.2) is 4.79 Å². The Labute approximate surface area is 148 Å². The molecule has 0 aliphatic heterocycles. The average molecular weight is 396 g/mol. The third-order valence-electron chi connectivity index (χ3n) is 3.19. The van der Waals surface area contributed by atoms with Crippen molar-refractivity contribution >= 4 is 44.1 Å². The monoisotopic (exact) mass is 395 g/mol. The number of nitrogens with one attached hydrogen (secondary N) is 1. The fraction of sp³-hybridized carbons (Fsp3) is 0.294. The zero-order chi connectivity index (χ0) is 17.0. The van der Waals surface area contributed by atoms with Crippen LogP contribution in [0.3, 0.4) is 0 Å². The highest BCUT2D eigenvalue weighted by Crippen LogP contribution is 2.36. The van der Waals surface area contributed by atoms with E-state index in [0.717, 1.165) is 15.6 Å². The summed E-state index contributed by atoms with van der Waals surface area (Å²) in [6, 6.07) is 7.66. The van der Waals surface area contributed by atoms with Crippen LogP contribution in [0.25, 0.3) is 11.1 Å². The Morgan fingerprint density at radius 1 is 1.26 bits per heavy atom. The highest BCUT2D eigenvalue weighted by atomic mass is 79.9. The molecule has 1 heterocycles. The number of ether oxygens (including phenoxy) is 1. The lowest BCUT2D eigenvalue weighted by molar-refractivity contribution is -0.118. The summed E-state index contributed by atoms with van der Waals surface area (Å²) in [5, 5.41) is 5.21. The first-order valence-corrected chi connectivity index (χ1v) is 8.96. The Kier molecular flexibility index (Phi) is 5.96. The predicted molar refractivity (Wildman–Crippen MR) is 96.9 cm³/mol. The Morgan fingerprint density at radius 2 is 1.91 bits per heavy atom. The number of anilines is 1. The number of thiophene rings is 1. The van der Waals surface area contributed by atoms with Crippen LogP contribution in [0.2, 0.25) is 0 Å². The molecule has 2 aromatic rings. The Balaban J connectivity index is 2.46. The largest absolute Gasteiger partial charge is 0.462 e. The van der Waals surface area contributed by atoms with Crippen molar-refractivity contribution in [1.82, 2.24) is 0 Å². The molecule has 1 aromatic carbocycles. The lowest BCUT2D eigenvalue weighted by Crippen LogP contribution is -2.19. The van der Waals surface area contributed by atoms with E-state index in [1.165, 1.54) is 11.3 Å². The number of esters is 1. The van der Waals surface area contributed by atoms with Gasteiger partial charge in [0.05, 0.1) is 6.61 Å². The van der Waals surface area contributed by atoms with E-state index in [1.807, 2.05) is 43.5 Å². The summed E-state index contributed by atoms with van der Waals surface area (Å²) < 4.78 is 6.12. The number of hydrogen-bond donors (Lipinski definition) is 1. The maximum Gasteiger partial charge on any atom is 0.341 e. The summed E-state index contributed by atoms with van der Waals surface area (Å²) in [5.41, 5.74) is 2.07. The number of carbonyl (C=O) groups excluding carboxylic acids is 2. The van der Waals surface area contributed by atoms with Gasteiger partial charge in [-0.1, -0.05) is 41.9 Å². The van der Waals surface area contributed by atoms with Crippen molar-refractivity contribution in [3.8, 4) is 11.1 Å². The van der Waals surface area contributed by atoms with Gasteiger partial charge < -0.3 is 10.1 Å². The number of hydrogen-bond acceptors (Lipinski definition) is 4. The summed E-state index contributed by atoms with van der Waals surface area (Å²) >= 11 is 4.73. The van der Waals surface area contributed by atoms with E-state index in [4.69, 9.17) is 4.74 Å². The van der Waals surface area contributed by atoms with Crippen molar-refractivity contribution in [2.45, 2.75) is 20.8 Å². The molecule has 0 radical (unpaired) electrons.